The molecule has 1 aliphatic heterocycles. The van der Waals surface area contributed by atoms with Crippen LogP contribution in [0.2, 0.25) is 10.0 Å². The van der Waals surface area contributed by atoms with Gasteiger partial charge in [0.2, 0.25) is 0 Å². The van der Waals surface area contributed by atoms with Gasteiger partial charge >= 0.3 is 0 Å². The van der Waals surface area contributed by atoms with Crippen molar-refractivity contribution in [2.75, 3.05) is 6.26 Å². The molecular weight excluding hydrogens is 637 g/mol. The SMILES string of the molecule is CS(=O)(=O)[N-][C@@H]1CCCC[C@H]1N1C(=O)c2ccccc2[C@H](/C([O-])=N\OCc2cc(C(=O)[O-])cs2)[C@H]1c1ccc(Cl)cc1Cl. The molecule has 0 unspecified atom stereocenters. The zero-order valence-corrected chi connectivity index (χ0v) is 26.0. The highest BCUT2D eigenvalue weighted by molar-refractivity contribution is 7.93. The molecule has 0 radical (unpaired) electrons. The van der Waals surface area contributed by atoms with E-state index in [0.717, 1.165) is 30.4 Å². The first-order valence-corrected chi connectivity index (χ1v) is 16.9. The van der Waals surface area contributed by atoms with Crippen molar-refractivity contribution in [3.63, 3.8) is 0 Å². The van der Waals surface area contributed by atoms with Gasteiger partial charge < -0.3 is 29.5 Å². The third kappa shape index (κ3) is 6.83. The van der Waals surface area contributed by atoms with Crippen LogP contribution in [0, 0.1) is 0 Å². The van der Waals surface area contributed by atoms with E-state index < -0.39 is 45.9 Å². The number of nitrogens with zero attached hydrogens (tertiary/aromatic N) is 3. The van der Waals surface area contributed by atoms with Crippen LogP contribution >= 0.6 is 34.5 Å². The number of rotatable bonds is 9. The predicted octanol–water partition coefficient (Wildman–Crippen LogP) is 4.23. The smallest absolute Gasteiger partial charge is 0.254 e. The molecule has 5 rings (SSSR count). The van der Waals surface area contributed by atoms with E-state index in [1.54, 1.807) is 41.3 Å². The van der Waals surface area contributed by atoms with E-state index in [0.29, 0.717) is 33.9 Å². The summed E-state index contributed by atoms with van der Waals surface area (Å²) in [6.07, 6.45) is 3.40. The summed E-state index contributed by atoms with van der Waals surface area (Å²) < 4.78 is 28.6. The van der Waals surface area contributed by atoms with Gasteiger partial charge in [0.1, 0.15) is 0 Å². The van der Waals surface area contributed by atoms with Crippen molar-refractivity contribution in [2.24, 2.45) is 5.16 Å². The van der Waals surface area contributed by atoms with Crippen molar-refractivity contribution < 1.29 is 33.1 Å². The number of thiophene rings is 1. The highest BCUT2D eigenvalue weighted by Gasteiger charge is 2.45. The largest absolute Gasteiger partial charge is 0.859 e. The van der Waals surface area contributed by atoms with Crippen molar-refractivity contribution in [1.82, 2.24) is 4.90 Å². The summed E-state index contributed by atoms with van der Waals surface area (Å²) in [5, 5.41) is 30.9. The zero-order chi connectivity index (χ0) is 30.9. The lowest BCUT2D eigenvalue weighted by molar-refractivity contribution is -0.255. The van der Waals surface area contributed by atoms with Crippen molar-refractivity contribution >= 4 is 62.3 Å². The summed E-state index contributed by atoms with van der Waals surface area (Å²) >= 11 is 14.0. The Balaban J connectivity index is 1.61. The number of carbonyl (C=O) groups is 2. The van der Waals surface area contributed by atoms with Crippen LogP contribution in [-0.4, -0.2) is 49.4 Å². The standard InChI is InChI=1S/C29H28Cl2N3O7S2/c1-43(39,40)33-23-8-4-5-9-24(23)34-26(21-11-10-17(30)13-22(21)31)25(19-6-2-3-7-20(19)28(34)36)27(35)32-41-14-18-12-16(15-42-18)29(37)38/h2-3,6-7,10-13,15,23-26H,4-5,8-9,14H2,1H3,(H,32,35)(H,37,38)/q-1/p-2/t23-,24-,25+,26-/m1/s1. The van der Waals surface area contributed by atoms with E-state index in [1.807, 2.05) is 0 Å². The number of carboxylic acids is 1. The number of hydrogen-bond acceptors (Lipinski definition) is 9. The Bertz CT molecular complexity index is 1680. The zero-order valence-electron chi connectivity index (χ0n) is 22.8. The Morgan fingerprint density at radius 2 is 1.86 bits per heavy atom. The Morgan fingerprint density at radius 1 is 1.12 bits per heavy atom. The van der Waals surface area contributed by atoms with Gasteiger partial charge in [-0.25, -0.2) is 8.42 Å². The van der Waals surface area contributed by atoms with E-state index in [4.69, 9.17) is 28.0 Å². The molecule has 2 heterocycles. The topological polar surface area (TPSA) is 153 Å². The number of benzene rings is 2. The number of halogens is 2. The second-order valence-electron chi connectivity index (χ2n) is 10.4. The minimum absolute atomic E-state index is 0.00993. The molecule has 1 saturated carbocycles. The highest BCUT2D eigenvalue weighted by atomic mass is 35.5. The number of fused-ring (bicyclic) bond motifs is 1. The quantitative estimate of drug-likeness (QED) is 0.189. The van der Waals surface area contributed by atoms with Crippen LogP contribution in [0.4, 0.5) is 0 Å². The van der Waals surface area contributed by atoms with Crippen LogP contribution in [0.5, 0.6) is 0 Å². The fourth-order valence-electron chi connectivity index (χ4n) is 5.82. The summed E-state index contributed by atoms with van der Waals surface area (Å²) in [5.74, 6) is -3.49. The number of sulfonamides is 1. The summed E-state index contributed by atoms with van der Waals surface area (Å²) in [4.78, 5) is 32.8. The number of amides is 1. The lowest BCUT2D eigenvalue weighted by Gasteiger charge is -2.53. The normalized spacial score (nSPS) is 22.7. The third-order valence-electron chi connectivity index (χ3n) is 7.55. The number of carbonyl (C=O) groups excluding carboxylic acids is 2. The fourth-order valence-corrected chi connectivity index (χ4v) is 7.84. The van der Waals surface area contributed by atoms with Crippen LogP contribution in [-0.2, 0) is 21.5 Å². The van der Waals surface area contributed by atoms with Crippen LogP contribution in [0.15, 0.2) is 59.1 Å². The number of carboxylic acid groups (broad SMARTS) is 1. The average Bonchev–Trinajstić information content (AvgIpc) is 3.42. The third-order valence-corrected chi connectivity index (χ3v) is 9.68. The first-order valence-electron chi connectivity index (χ1n) is 13.4. The summed E-state index contributed by atoms with van der Waals surface area (Å²) in [7, 11) is -3.74. The monoisotopic (exact) mass is 662 g/mol. The van der Waals surface area contributed by atoms with Gasteiger partial charge in [-0.2, -0.15) is 0 Å². The lowest BCUT2D eigenvalue weighted by atomic mass is 9.77. The van der Waals surface area contributed by atoms with Gasteiger partial charge in [0.05, 0.1) is 22.0 Å². The van der Waals surface area contributed by atoms with Crippen molar-refractivity contribution in [3.05, 3.63) is 95.8 Å². The van der Waals surface area contributed by atoms with Gasteiger partial charge in [0.25, 0.3) is 5.91 Å². The Kier molecular flexibility index (Phi) is 9.33. The second-order valence-corrected chi connectivity index (χ2v) is 14.0. The molecular formula is C29H26Cl2N3O7S2-3. The molecule has 228 valence electrons. The minimum atomic E-state index is -3.74. The minimum Gasteiger partial charge on any atom is -0.859 e. The molecule has 0 saturated heterocycles. The molecule has 2 aromatic carbocycles. The van der Waals surface area contributed by atoms with Crippen molar-refractivity contribution in [1.29, 1.82) is 0 Å². The molecule has 1 amide bonds. The molecule has 1 fully saturated rings. The summed E-state index contributed by atoms with van der Waals surface area (Å²) in [6, 6.07) is 10.5. The Labute approximate surface area is 262 Å². The molecule has 14 heteroatoms. The van der Waals surface area contributed by atoms with Crippen LogP contribution in [0.25, 0.3) is 4.72 Å². The van der Waals surface area contributed by atoms with Gasteiger partial charge in [-0.1, -0.05) is 66.7 Å². The molecule has 10 nitrogen and oxygen atoms in total. The maximum Gasteiger partial charge on any atom is 0.254 e. The Morgan fingerprint density at radius 3 is 2.56 bits per heavy atom. The first kappa shape index (κ1) is 31.3. The number of aromatic carboxylic acids is 1. The van der Waals surface area contributed by atoms with E-state index in [1.165, 1.54) is 17.5 Å². The molecule has 0 spiro atoms. The van der Waals surface area contributed by atoms with E-state index in [-0.39, 0.29) is 28.7 Å². The average molecular weight is 664 g/mol. The van der Waals surface area contributed by atoms with E-state index in [9.17, 15) is 28.2 Å². The van der Waals surface area contributed by atoms with Gasteiger partial charge in [0, 0.05) is 55.5 Å². The van der Waals surface area contributed by atoms with Crippen LogP contribution in [0.1, 0.15) is 74.4 Å². The summed E-state index contributed by atoms with van der Waals surface area (Å²) in [6.45, 7) is -0.162. The molecule has 0 bridgehead atoms. The highest BCUT2D eigenvalue weighted by Crippen LogP contribution is 2.48. The Hall–Kier alpha value is -3.16. The molecule has 2 aliphatic rings. The van der Waals surface area contributed by atoms with Crippen LogP contribution in [0.3, 0.4) is 0 Å². The van der Waals surface area contributed by atoms with E-state index in [2.05, 4.69) is 9.88 Å². The second kappa shape index (κ2) is 12.8. The van der Waals surface area contributed by atoms with Gasteiger partial charge in [-0.05, 0) is 41.8 Å². The van der Waals surface area contributed by atoms with Gasteiger partial charge in [-0.3, -0.25) is 4.79 Å². The maximum atomic E-state index is 14.3. The van der Waals surface area contributed by atoms with Gasteiger partial charge in [-0.15, -0.1) is 22.5 Å². The fraction of sp³-hybridized carbons (Fsp3) is 0.345. The molecule has 4 atom stereocenters. The van der Waals surface area contributed by atoms with Crippen LogP contribution < -0.4 is 10.2 Å². The van der Waals surface area contributed by atoms with E-state index >= 15 is 0 Å². The molecule has 1 aliphatic carbocycles. The van der Waals surface area contributed by atoms with Crippen molar-refractivity contribution in [3.8, 4) is 0 Å². The molecule has 3 aromatic rings. The molecule has 1 aromatic heterocycles. The first-order chi connectivity index (χ1) is 20.4. The summed E-state index contributed by atoms with van der Waals surface area (Å²) in [5.41, 5.74) is 1.12. The molecule has 0 N–H and O–H groups in total. The predicted molar refractivity (Wildman–Crippen MR) is 160 cm³/mol. The van der Waals surface area contributed by atoms with Crippen molar-refractivity contribution in [2.45, 2.75) is 56.3 Å². The van der Waals surface area contributed by atoms with Gasteiger partial charge in [0.15, 0.2) is 6.61 Å². The number of hydrogen-bond donors (Lipinski definition) is 0. The maximum absolute atomic E-state index is 14.3. The number of oxime groups is 1. The molecule has 43 heavy (non-hydrogen) atoms. The lowest BCUT2D eigenvalue weighted by Crippen LogP contribution is -2.55.